The van der Waals surface area contributed by atoms with E-state index in [1.54, 1.807) is 0 Å². The van der Waals surface area contributed by atoms with Gasteiger partial charge in [-0.05, 0) is 35.7 Å². The van der Waals surface area contributed by atoms with Gasteiger partial charge in [0.05, 0.1) is 23.3 Å². The molecule has 3 aromatic rings. The van der Waals surface area contributed by atoms with Gasteiger partial charge in [-0.25, -0.2) is 4.79 Å². The zero-order chi connectivity index (χ0) is 27.1. The van der Waals surface area contributed by atoms with Crippen LogP contribution in [-0.4, -0.2) is 64.9 Å². The number of carboxylic acid groups (broad SMARTS) is 1. The Hall–Kier alpha value is -3.72. The summed E-state index contributed by atoms with van der Waals surface area (Å²) in [5.74, 6) is -1.82. The van der Waals surface area contributed by atoms with Gasteiger partial charge in [-0.2, -0.15) is 0 Å². The summed E-state index contributed by atoms with van der Waals surface area (Å²) < 4.78 is 0. The van der Waals surface area contributed by atoms with Crippen LogP contribution in [0.5, 0.6) is 0 Å². The third kappa shape index (κ3) is 6.77. The van der Waals surface area contributed by atoms with E-state index in [9.17, 15) is 19.5 Å². The Labute approximate surface area is 227 Å². The van der Waals surface area contributed by atoms with E-state index < -0.39 is 17.9 Å². The SMILES string of the molecule is NC(CCC(=O)N1CCN(C(c2ccccc2)c2ccccc2)CC1)C(=O)Nc1ccc(Cl)cc1C(=O)O. The predicted molar refractivity (Wildman–Crippen MR) is 147 cm³/mol. The molecule has 0 spiro atoms. The van der Waals surface area contributed by atoms with Crippen LogP contribution in [0, 0.1) is 0 Å². The van der Waals surface area contributed by atoms with E-state index in [0.29, 0.717) is 13.1 Å². The van der Waals surface area contributed by atoms with Gasteiger partial charge in [0.25, 0.3) is 0 Å². The third-order valence-corrected chi connectivity index (χ3v) is 6.97. The van der Waals surface area contributed by atoms with Gasteiger partial charge in [-0.3, -0.25) is 14.5 Å². The number of aromatic carboxylic acids is 1. The van der Waals surface area contributed by atoms with E-state index in [0.717, 1.165) is 13.1 Å². The number of halogens is 1. The smallest absolute Gasteiger partial charge is 0.337 e. The molecule has 1 heterocycles. The van der Waals surface area contributed by atoms with Crippen molar-refractivity contribution in [3.8, 4) is 0 Å². The minimum atomic E-state index is -1.22. The molecule has 3 aromatic carbocycles. The molecule has 1 fully saturated rings. The number of hydrogen-bond acceptors (Lipinski definition) is 5. The lowest BCUT2D eigenvalue weighted by Crippen LogP contribution is -2.50. The van der Waals surface area contributed by atoms with E-state index in [-0.39, 0.29) is 41.1 Å². The van der Waals surface area contributed by atoms with E-state index in [2.05, 4.69) is 34.5 Å². The summed E-state index contributed by atoms with van der Waals surface area (Å²) >= 11 is 5.86. The first-order valence-corrected chi connectivity index (χ1v) is 12.9. The zero-order valence-corrected chi connectivity index (χ0v) is 21.7. The van der Waals surface area contributed by atoms with Crippen LogP contribution < -0.4 is 11.1 Å². The second-order valence-electron chi connectivity index (χ2n) is 9.27. The molecule has 4 N–H and O–H groups in total. The van der Waals surface area contributed by atoms with Crippen LogP contribution in [0.15, 0.2) is 78.9 Å². The van der Waals surface area contributed by atoms with Crippen LogP contribution in [0.3, 0.4) is 0 Å². The van der Waals surface area contributed by atoms with E-state index in [4.69, 9.17) is 17.3 Å². The lowest BCUT2D eigenvalue weighted by Gasteiger charge is -2.40. The molecule has 0 saturated carbocycles. The second kappa shape index (κ2) is 12.7. The van der Waals surface area contributed by atoms with Crippen LogP contribution in [0.2, 0.25) is 5.02 Å². The fourth-order valence-electron chi connectivity index (χ4n) is 4.71. The van der Waals surface area contributed by atoms with Gasteiger partial charge in [0.15, 0.2) is 0 Å². The number of rotatable bonds is 9. The molecule has 0 aromatic heterocycles. The second-order valence-corrected chi connectivity index (χ2v) is 9.71. The van der Waals surface area contributed by atoms with Crippen LogP contribution >= 0.6 is 11.6 Å². The van der Waals surface area contributed by atoms with Crippen LogP contribution in [0.25, 0.3) is 0 Å². The maximum atomic E-state index is 12.9. The highest BCUT2D eigenvalue weighted by molar-refractivity contribution is 6.31. The average molecular weight is 535 g/mol. The molecule has 9 heteroatoms. The van der Waals surface area contributed by atoms with Crippen molar-refractivity contribution < 1.29 is 19.5 Å². The van der Waals surface area contributed by atoms with Gasteiger partial charge in [0.1, 0.15) is 0 Å². The maximum Gasteiger partial charge on any atom is 0.337 e. The molecule has 38 heavy (non-hydrogen) atoms. The lowest BCUT2D eigenvalue weighted by molar-refractivity contribution is -0.133. The molecule has 2 amide bonds. The Morgan fingerprint density at radius 1 is 0.895 bits per heavy atom. The summed E-state index contributed by atoms with van der Waals surface area (Å²) in [5, 5.41) is 12.1. The molecule has 198 valence electrons. The molecular weight excluding hydrogens is 504 g/mol. The fourth-order valence-corrected chi connectivity index (χ4v) is 4.88. The van der Waals surface area contributed by atoms with Crippen molar-refractivity contribution in [1.82, 2.24) is 9.80 Å². The number of piperazine rings is 1. The van der Waals surface area contributed by atoms with Gasteiger partial charge in [-0.1, -0.05) is 72.3 Å². The molecule has 1 atom stereocenters. The number of nitrogens with one attached hydrogen (secondary N) is 1. The van der Waals surface area contributed by atoms with Crippen molar-refractivity contribution in [3.63, 3.8) is 0 Å². The highest BCUT2D eigenvalue weighted by Crippen LogP contribution is 2.29. The number of nitrogens with two attached hydrogens (primary N) is 1. The molecule has 0 aliphatic carbocycles. The highest BCUT2D eigenvalue weighted by Gasteiger charge is 2.28. The number of carboxylic acids is 1. The first-order valence-electron chi connectivity index (χ1n) is 12.5. The first kappa shape index (κ1) is 27.3. The van der Waals surface area contributed by atoms with E-state index in [1.165, 1.54) is 29.3 Å². The lowest BCUT2D eigenvalue weighted by atomic mass is 9.96. The summed E-state index contributed by atoms with van der Waals surface area (Å²) in [7, 11) is 0. The normalized spacial score (nSPS) is 14.8. The summed E-state index contributed by atoms with van der Waals surface area (Å²) in [6.07, 6.45) is 0.277. The summed E-state index contributed by atoms with van der Waals surface area (Å²) in [5.41, 5.74) is 8.42. The Balaban J connectivity index is 1.31. The first-order chi connectivity index (χ1) is 18.3. The minimum Gasteiger partial charge on any atom is -0.478 e. The fraction of sp³-hybridized carbons (Fsp3) is 0.276. The topological polar surface area (TPSA) is 116 Å². The number of nitrogens with zero attached hydrogens (tertiary/aromatic N) is 2. The molecule has 8 nitrogen and oxygen atoms in total. The molecular formula is C29H31ClN4O4. The molecule has 0 bridgehead atoms. The summed E-state index contributed by atoms with van der Waals surface area (Å²) in [6.45, 7) is 2.62. The quantitative estimate of drug-likeness (QED) is 0.382. The average Bonchev–Trinajstić information content (AvgIpc) is 2.94. The largest absolute Gasteiger partial charge is 0.478 e. The molecule has 4 rings (SSSR count). The number of hydrogen-bond donors (Lipinski definition) is 3. The van der Waals surface area contributed by atoms with E-state index in [1.807, 2.05) is 41.3 Å². The number of carbonyl (C=O) groups excluding carboxylic acids is 2. The Kier molecular flexibility index (Phi) is 9.12. The van der Waals surface area contributed by atoms with Crippen LogP contribution in [0.1, 0.15) is 40.4 Å². The molecule has 1 saturated heterocycles. The van der Waals surface area contributed by atoms with Crippen molar-refractivity contribution in [1.29, 1.82) is 0 Å². The number of benzene rings is 3. The number of carbonyl (C=O) groups is 3. The van der Waals surface area contributed by atoms with Crippen molar-refractivity contribution >= 4 is 35.1 Å². The maximum absolute atomic E-state index is 12.9. The molecule has 1 aliphatic rings. The van der Waals surface area contributed by atoms with Crippen LogP contribution in [-0.2, 0) is 9.59 Å². The zero-order valence-electron chi connectivity index (χ0n) is 20.9. The van der Waals surface area contributed by atoms with Gasteiger partial charge in [0.2, 0.25) is 11.8 Å². The van der Waals surface area contributed by atoms with Gasteiger partial charge < -0.3 is 21.1 Å². The predicted octanol–water partition coefficient (Wildman–Crippen LogP) is 4.02. The van der Waals surface area contributed by atoms with Crippen molar-refractivity contribution in [3.05, 3.63) is 101 Å². The van der Waals surface area contributed by atoms with Gasteiger partial charge >= 0.3 is 5.97 Å². The van der Waals surface area contributed by atoms with Crippen molar-refractivity contribution in [2.45, 2.75) is 24.9 Å². The van der Waals surface area contributed by atoms with Crippen LogP contribution in [0.4, 0.5) is 5.69 Å². The molecule has 0 radical (unpaired) electrons. The van der Waals surface area contributed by atoms with Crippen molar-refractivity contribution in [2.24, 2.45) is 5.73 Å². The van der Waals surface area contributed by atoms with Gasteiger partial charge in [-0.15, -0.1) is 0 Å². The standard InChI is InChI=1S/C29H31ClN4O4/c30-22-11-13-25(23(19-22)29(37)38)32-28(36)24(31)12-14-26(35)33-15-17-34(18-16-33)27(20-7-3-1-4-8-20)21-9-5-2-6-10-21/h1-11,13,19,24,27H,12,14-18,31H2,(H,32,36)(H,37,38). The number of amides is 2. The third-order valence-electron chi connectivity index (χ3n) is 6.74. The Morgan fingerprint density at radius 2 is 1.47 bits per heavy atom. The van der Waals surface area contributed by atoms with Crippen molar-refractivity contribution in [2.75, 3.05) is 31.5 Å². The van der Waals surface area contributed by atoms with E-state index >= 15 is 0 Å². The molecule has 1 aliphatic heterocycles. The van der Waals surface area contributed by atoms with Gasteiger partial charge in [0, 0.05) is 37.6 Å². The Morgan fingerprint density at radius 3 is 2.03 bits per heavy atom. The number of anilines is 1. The molecule has 1 unspecified atom stereocenters. The highest BCUT2D eigenvalue weighted by atomic mass is 35.5. The summed E-state index contributed by atoms with van der Waals surface area (Å²) in [4.78, 5) is 41.1. The summed E-state index contributed by atoms with van der Waals surface area (Å²) in [6, 6.07) is 24.0. The Bertz CT molecular complexity index is 1220. The monoisotopic (exact) mass is 534 g/mol. The minimum absolute atomic E-state index is 0.0541.